The van der Waals surface area contributed by atoms with Crippen molar-refractivity contribution in [3.63, 3.8) is 0 Å². The summed E-state index contributed by atoms with van der Waals surface area (Å²) in [6, 6.07) is 3.61. The summed E-state index contributed by atoms with van der Waals surface area (Å²) in [5.74, 6) is -0.0899. The maximum Gasteiger partial charge on any atom is 0.269 e. The van der Waals surface area contributed by atoms with E-state index in [-0.39, 0.29) is 11.7 Å². The summed E-state index contributed by atoms with van der Waals surface area (Å²) >= 11 is 1.21. The lowest BCUT2D eigenvalue weighted by Gasteiger charge is -2.03. The number of anilines is 3. The van der Waals surface area contributed by atoms with Crippen LogP contribution in [0.5, 0.6) is 0 Å². The average molecular weight is 307 g/mol. The van der Waals surface area contributed by atoms with E-state index in [0.717, 1.165) is 5.69 Å². The van der Waals surface area contributed by atoms with E-state index in [0.29, 0.717) is 28.8 Å². The summed E-state index contributed by atoms with van der Waals surface area (Å²) < 4.78 is 4.93. The molecule has 2 aromatic rings. The van der Waals surface area contributed by atoms with Gasteiger partial charge in [-0.05, 0) is 19.1 Å². The normalized spacial score (nSPS) is 10.4. The topological polar surface area (TPSA) is 102 Å². The molecule has 21 heavy (non-hydrogen) atoms. The van der Waals surface area contributed by atoms with E-state index in [4.69, 9.17) is 10.5 Å². The van der Waals surface area contributed by atoms with Crippen LogP contribution in [0.3, 0.4) is 0 Å². The number of ether oxygens (including phenoxy) is 1. The van der Waals surface area contributed by atoms with E-state index < -0.39 is 0 Å². The number of thiazole rings is 1. The van der Waals surface area contributed by atoms with E-state index in [1.165, 1.54) is 11.3 Å². The maximum atomic E-state index is 12.2. The van der Waals surface area contributed by atoms with Crippen molar-refractivity contribution in [2.75, 3.05) is 36.6 Å². The second-order valence-corrected chi connectivity index (χ2v) is 5.29. The number of hydrogen-bond acceptors (Lipinski definition) is 7. The molecule has 0 saturated carbocycles. The fraction of sp³-hybridized carbons (Fsp3) is 0.308. The summed E-state index contributed by atoms with van der Waals surface area (Å²) in [6.45, 7) is 3.03. The zero-order valence-corrected chi connectivity index (χ0v) is 12.7. The van der Waals surface area contributed by atoms with Gasteiger partial charge in [-0.25, -0.2) is 4.98 Å². The Kier molecular flexibility index (Phi) is 5.07. The van der Waals surface area contributed by atoms with Gasteiger partial charge in [0, 0.05) is 19.3 Å². The van der Waals surface area contributed by atoms with E-state index in [1.807, 2.05) is 13.0 Å². The number of carbonyl (C=O) groups excluding carboxylic acids is 1. The predicted octanol–water partition coefficient (Wildman–Crippen LogP) is 1.74. The first kappa shape index (κ1) is 15.2. The van der Waals surface area contributed by atoms with Crippen LogP contribution in [0.25, 0.3) is 0 Å². The molecule has 0 radical (unpaired) electrons. The Morgan fingerprint density at radius 2 is 2.29 bits per heavy atom. The van der Waals surface area contributed by atoms with Crippen LogP contribution >= 0.6 is 11.3 Å². The van der Waals surface area contributed by atoms with Gasteiger partial charge in [0.05, 0.1) is 18.5 Å². The second kappa shape index (κ2) is 7.00. The smallest absolute Gasteiger partial charge is 0.269 e. The molecule has 2 heterocycles. The highest BCUT2D eigenvalue weighted by Gasteiger charge is 2.16. The largest absolute Gasteiger partial charge is 0.383 e. The van der Waals surface area contributed by atoms with Gasteiger partial charge in [-0.15, -0.1) is 0 Å². The molecule has 2 rings (SSSR count). The van der Waals surface area contributed by atoms with Gasteiger partial charge in [-0.2, -0.15) is 0 Å². The van der Waals surface area contributed by atoms with Crippen molar-refractivity contribution >= 4 is 33.9 Å². The highest BCUT2D eigenvalue weighted by molar-refractivity contribution is 7.18. The number of pyridine rings is 1. The lowest BCUT2D eigenvalue weighted by molar-refractivity contribution is 0.103. The minimum absolute atomic E-state index is 0.206. The monoisotopic (exact) mass is 307 g/mol. The second-order valence-electron chi connectivity index (χ2n) is 4.30. The third-order valence-corrected chi connectivity index (χ3v) is 3.64. The quantitative estimate of drug-likeness (QED) is 0.703. The van der Waals surface area contributed by atoms with E-state index in [9.17, 15) is 4.79 Å². The molecule has 0 atom stereocenters. The molecule has 4 N–H and O–H groups in total. The molecule has 7 nitrogen and oxygen atoms in total. The number of amides is 1. The number of methoxy groups -OCH3 is 1. The summed E-state index contributed by atoms with van der Waals surface area (Å²) in [7, 11) is 1.62. The van der Waals surface area contributed by atoms with E-state index in [2.05, 4.69) is 20.6 Å². The number of aryl methyl sites for hydroxylation is 1. The summed E-state index contributed by atoms with van der Waals surface area (Å²) in [5, 5.41) is 6.38. The van der Waals surface area contributed by atoms with Crippen LogP contribution in [0.1, 0.15) is 15.4 Å². The average Bonchev–Trinajstić information content (AvgIpc) is 2.83. The molecular weight excluding hydrogens is 290 g/mol. The van der Waals surface area contributed by atoms with Gasteiger partial charge in [0.1, 0.15) is 10.7 Å². The van der Waals surface area contributed by atoms with Crippen LogP contribution in [0.2, 0.25) is 0 Å². The summed E-state index contributed by atoms with van der Waals surface area (Å²) in [4.78, 5) is 20.8. The van der Waals surface area contributed by atoms with E-state index in [1.54, 1.807) is 19.4 Å². The van der Waals surface area contributed by atoms with Crippen LogP contribution in [0, 0.1) is 6.92 Å². The minimum Gasteiger partial charge on any atom is -0.383 e. The van der Waals surface area contributed by atoms with Crippen molar-refractivity contribution in [1.29, 1.82) is 0 Å². The number of aromatic nitrogens is 2. The van der Waals surface area contributed by atoms with Gasteiger partial charge in [0.2, 0.25) is 0 Å². The molecule has 1 amide bonds. The third kappa shape index (κ3) is 4.14. The Balaban J connectivity index is 2.03. The van der Waals surface area contributed by atoms with Crippen LogP contribution in [0.4, 0.5) is 16.6 Å². The standard InChI is InChI=1S/C13H17N5O2S/c1-8-3-4-9(7-16-8)17-12(19)10-11(14)18-13(21-10)15-5-6-20-2/h3-4,7H,5-6,14H2,1-2H3,(H,15,18)(H,17,19). The fourth-order valence-electron chi connectivity index (χ4n) is 1.56. The number of nitrogens with two attached hydrogens (primary N) is 1. The van der Waals surface area contributed by atoms with Crippen LogP contribution in [-0.4, -0.2) is 36.1 Å². The number of hydrogen-bond donors (Lipinski definition) is 3. The first-order valence-corrected chi connectivity index (χ1v) is 7.15. The lowest BCUT2D eigenvalue weighted by Crippen LogP contribution is -2.12. The predicted molar refractivity (Wildman–Crippen MR) is 83.8 cm³/mol. The van der Waals surface area contributed by atoms with Crippen molar-refractivity contribution in [2.45, 2.75) is 6.92 Å². The minimum atomic E-state index is -0.296. The highest BCUT2D eigenvalue weighted by atomic mass is 32.1. The third-order valence-electron chi connectivity index (χ3n) is 2.61. The molecule has 2 aromatic heterocycles. The number of nitrogens with one attached hydrogen (secondary N) is 2. The maximum absolute atomic E-state index is 12.2. The van der Waals surface area contributed by atoms with E-state index >= 15 is 0 Å². The molecule has 0 unspecified atom stereocenters. The fourth-order valence-corrected chi connectivity index (χ4v) is 2.37. The molecule has 0 aliphatic carbocycles. The number of rotatable bonds is 6. The van der Waals surface area contributed by atoms with Gasteiger partial charge in [-0.1, -0.05) is 11.3 Å². The highest BCUT2D eigenvalue weighted by Crippen LogP contribution is 2.25. The van der Waals surface area contributed by atoms with Gasteiger partial charge < -0.3 is 21.1 Å². The molecule has 8 heteroatoms. The van der Waals surface area contributed by atoms with Crippen molar-refractivity contribution in [2.24, 2.45) is 0 Å². The van der Waals surface area contributed by atoms with Crippen LogP contribution in [0.15, 0.2) is 18.3 Å². The zero-order chi connectivity index (χ0) is 15.2. The summed E-state index contributed by atoms with van der Waals surface area (Å²) in [6.07, 6.45) is 1.60. The molecule has 0 spiro atoms. The zero-order valence-electron chi connectivity index (χ0n) is 11.8. The molecule has 0 aromatic carbocycles. The van der Waals surface area contributed by atoms with Gasteiger partial charge in [0.25, 0.3) is 5.91 Å². The number of nitrogens with zero attached hydrogens (tertiary/aromatic N) is 2. The van der Waals surface area contributed by atoms with Crippen LogP contribution in [-0.2, 0) is 4.74 Å². The molecule has 0 bridgehead atoms. The van der Waals surface area contributed by atoms with Gasteiger partial charge >= 0.3 is 0 Å². The van der Waals surface area contributed by atoms with Crippen molar-refractivity contribution < 1.29 is 9.53 Å². The lowest BCUT2D eigenvalue weighted by atomic mass is 10.3. The molecule has 0 aliphatic rings. The Morgan fingerprint density at radius 1 is 1.48 bits per heavy atom. The Labute approximate surface area is 126 Å². The molecule has 0 aliphatic heterocycles. The number of carbonyl (C=O) groups is 1. The number of nitrogen functional groups attached to an aromatic ring is 1. The Bertz CT molecular complexity index is 612. The first-order valence-electron chi connectivity index (χ1n) is 6.33. The summed E-state index contributed by atoms with van der Waals surface area (Å²) in [5.41, 5.74) is 7.28. The SMILES string of the molecule is COCCNc1nc(N)c(C(=O)Nc2ccc(C)nc2)s1. The van der Waals surface area contributed by atoms with Crippen molar-refractivity contribution in [3.8, 4) is 0 Å². The van der Waals surface area contributed by atoms with Crippen LogP contribution < -0.4 is 16.4 Å². The first-order chi connectivity index (χ1) is 10.1. The van der Waals surface area contributed by atoms with Gasteiger partial charge in [0.15, 0.2) is 5.13 Å². The Morgan fingerprint density at radius 3 is 2.95 bits per heavy atom. The van der Waals surface area contributed by atoms with Crippen molar-refractivity contribution in [3.05, 3.63) is 28.9 Å². The van der Waals surface area contributed by atoms with Gasteiger partial charge in [-0.3, -0.25) is 9.78 Å². The molecule has 0 fully saturated rings. The molecule has 112 valence electrons. The molecule has 0 saturated heterocycles. The Hall–Kier alpha value is -2.19. The van der Waals surface area contributed by atoms with Crippen molar-refractivity contribution in [1.82, 2.24) is 9.97 Å². The molecular formula is C13H17N5O2S.